The van der Waals surface area contributed by atoms with Gasteiger partial charge in [0, 0.05) is 12.3 Å². The smallest absolute Gasteiger partial charge is 0.337 e. The topological polar surface area (TPSA) is 109 Å². The largest absolute Gasteiger partial charge is 0.467 e. The molecule has 0 bridgehead atoms. The molecule has 2 aliphatic rings. The van der Waals surface area contributed by atoms with Gasteiger partial charge in [0.15, 0.2) is 18.1 Å². The fourth-order valence-electron chi connectivity index (χ4n) is 2.73. The van der Waals surface area contributed by atoms with Gasteiger partial charge >= 0.3 is 11.7 Å². The van der Waals surface area contributed by atoms with Crippen LogP contribution < -0.4 is 11.2 Å². The van der Waals surface area contributed by atoms with Gasteiger partial charge in [0.05, 0.1) is 7.11 Å². The van der Waals surface area contributed by atoms with Crippen LogP contribution in [0.4, 0.5) is 0 Å². The van der Waals surface area contributed by atoms with Crippen molar-refractivity contribution >= 4 is 5.97 Å². The number of nitrogens with one attached hydrogen (secondary N) is 1. The maximum absolute atomic E-state index is 11.9. The van der Waals surface area contributed by atoms with Crippen LogP contribution in [0.3, 0.4) is 0 Å². The van der Waals surface area contributed by atoms with Gasteiger partial charge in [0.1, 0.15) is 12.2 Å². The highest BCUT2D eigenvalue weighted by atomic mass is 16.8. The molecule has 0 spiro atoms. The quantitative estimate of drug-likeness (QED) is 0.707. The van der Waals surface area contributed by atoms with E-state index in [0.717, 1.165) is 4.57 Å². The Morgan fingerprint density at radius 3 is 2.64 bits per heavy atom. The van der Waals surface area contributed by atoms with Crippen LogP contribution >= 0.6 is 0 Å². The first kappa shape index (κ1) is 14.9. The Bertz CT molecular complexity index is 707. The standard InChI is InChI=1S/C13H16N2O7/c1-13(2)21-7-8(22-13)10(20-9(7)11(17)19-3)15-5-4-6(16)14-12(15)18/h4-5,7-10H,1-3H3,(H,14,16,18). The molecule has 0 saturated carbocycles. The van der Waals surface area contributed by atoms with E-state index in [1.807, 2.05) is 0 Å². The van der Waals surface area contributed by atoms with Crippen molar-refractivity contribution in [3.05, 3.63) is 33.1 Å². The summed E-state index contributed by atoms with van der Waals surface area (Å²) in [6.07, 6.45) is -2.01. The van der Waals surface area contributed by atoms with Gasteiger partial charge in [-0.1, -0.05) is 0 Å². The Morgan fingerprint density at radius 1 is 1.32 bits per heavy atom. The van der Waals surface area contributed by atoms with Gasteiger partial charge in [-0.25, -0.2) is 9.59 Å². The minimum absolute atomic E-state index is 0.524. The molecule has 3 heterocycles. The molecule has 9 heteroatoms. The van der Waals surface area contributed by atoms with Gasteiger partial charge in [-0.15, -0.1) is 0 Å². The molecule has 22 heavy (non-hydrogen) atoms. The summed E-state index contributed by atoms with van der Waals surface area (Å²) in [5.41, 5.74) is -1.18. The van der Waals surface area contributed by atoms with Gasteiger partial charge in [0.2, 0.25) is 0 Å². The zero-order chi connectivity index (χ0) is 16.1. The Balaban J connectivity index is 2.00. The molecule has 3 rings (SSSR count). The minimum Gasteiger partial charge on any atom is -0.467 e. The van der Waals surface area contributed by atoms with Crippen LogP contribution in [0.5, 0.6) is 0 Å². The zero-order valence-electron chi connectivity index (χ0n) is 12.3. The van der Waals surface area contributed by atoms with Crippen molar-refractivity contribution in [2.24, 2.45) is 0 Å². The molecule has 120 valence electrons. The molecule has 2 aliphatic heterocycles. The number of esters is 1. The highest BCUT2D eigenvalue weighted by Crippen LogP contribution is 2.42. The fourth-order valence-corrected chi connectivity index (χ4v) is 2.73. The molecular formula is C13H16N2O7. The van der Waals surface area contributed by atoms with Gasteiger partial charge < -0.3 is 18.9 Å². The summed E-state index contributed by atoms with van der Waals surface area (Å²) in [6, 6.07) is 1.19. The van der Waals surface area contributed by atoms with Gasteiger partial charge in [0.25, 0.3) is 5.56 Å². The Hall–Kier alpha value is -1.97. The molecule has 4 atom stereocenters. The number of fused-ring (bicyclic) bond motifs is 1. The number of H-pyrrole nitrogens is 1. The van der Waals surface area contributed by atoms with Crippen molar-refractivity contribution in [3.8, 4) is 0 Å². The first-order valence-electron chi connectivity index (χ1n) is 6.73. The van der Waals surface area contributed by atoms with Crippen LogP contribution in [0.15, 0.2) is 21.9 Å². The molecule has 0 radical (unpaired) electrons. The molecule has 9 nitrogen and oxygen atoms in total. The second kappa shape index (κ2) is 5.04. The summed E-state index contributed by atoms with van der Waals surface area (Å²) >= 11 is 0. The average Bonchev–Trinajstić information content (AvgIpc) is 2.91. The number of nitrogens with zero attached hydrogens (tertiary/aromatic N) is 1. The van der Waals surface area contributed by atoms with E-state index in [4.69, 9.17) is 18.9 Å². The number of hydrogen-bond donors (Lipinski definition) is 1. The number of rotatable bonds is 2. The summed E-state index contributed by atoms with van der Waals surface area (Å²) in [4.78, 5) is 37.1. The Labute approximate surface area is 124 Å². The number of ether oxygens (including phenoxy) is 4. The highest BCUT2D eigenvalue weighted by Gasteiger charge is 2.58. The summed E-state index contributed by atoms with van der Waals surface area (Å²) in [7, 11) is 1.24. The highest BCUT2D eigenvalue weighted by molar-refractivity contribution is 5.76. The van der Waals surface area contributed by atoms with Crippen LogP contribution in [0.2, 0.25) is 0 Å². The van der Waals surface area contributed by atoms with E-state index in [-0.39, 0.29) is 0 Å². The number of carbonyl (C=O) groups is 1. The molecule has 4 unspecified atom stereocenters. The van der Waals surface area contributed by atoms with E-state index in [9.17, 15) is 14.4 Å². The van der Waals surface area contributed by atoms with Gasteiger partial charge in [-0.05, 0) is 13.8 Å². The lowest BCUT2D eigenvalue weighted by atomic mass is 10.1. The molecule has 2 saturated heterocycles. The minimum atomic E-state index is -1.01. The van der Waals surface area contributed by atoms with Gasteiger partial charge in [-0.2, -0.15) is 0 Å². The van der Waals surface area contributed by atoms with Crippen molar-refractivity contribution in [3.63, 3.8) is 0 Å². The summed E-state index contributed by atoms with van der Waals surface area (Å²) < 4.78 is 22.9. The number of aromatic nitrogens is 2. The molecule has 0 aliphatic carbocycles. The first-order valence-corrected chi connectivity index (χ1v) is 6.73. The lowest BCUT2D eigenvalue weighted by Crippen LogP contribution is -2.37. The normalized spacial score (nSPS) is 32.7. The average molecular weight is 312 g/mol. The third-order valence-corrected chi connectivity index (χ3v) is 3.59. The maximum atomic E-state index is 11.9. The van der Waals surface area contributed by atoms with Crippen LogP contribution in [0, 0.1) is 0 Å². The first-order chi connectivity index (χ1) is 10.3. The number of hydrogen-bond acceptors (Lipinski definition) is 7. The van der Waals surface area contributed by atoms with Crippen molar-refractivity contribution < 1.29 is 23.7 Å². The summed E-state index contributed by atoms with van der Waals surface area (Å²) in [6.45, 7) is 3.40. The number of methoxy groups -OCH3 is 1. The lowest BCUT2D eigenvalue weighted by Gasteiger charge is -2.24. The fraction of sp³-hybridized carbons (Fsp3) is 0.615. The van der Waals surface area contributed by atoms with Crippen LogP contribution in [-0.2, 0) is 23.7 Å². The van der Waals surface area contributed by atoms with E-state index in [1.165, 1.54) is 19.4 Å². The maximum Gasteiger partial charge on any atom is 0.337 e. The van der Waals surface area contributed by atoms with E-state index in [1.54, 1.807) is 13.8 Å². The number of carbonyl (C=O) groups excluding carboxylic acids is 1. The summed E-state index contributed by atoms with van der Waals surface area (Å²) in [5.74, 6) is -1.54. The van der Waals surface area contributed by atoms with Crippen molar-refractivity contribution in [1.29, 1.82) is 0 Å². The van der Waals surface area contributed by atoms with Crippen LogP contribution in [0.25, 0.3) is 0 Å². The number of aromatic amines is 1. The Kier molecular flexibility index (Phi) is 3.42. The second-order valence-corrected chi connectivity index (χ2v) is 5.55. The van der Waals surface area contributed by atoms with Crippen molar-refractivity contribution in [2.75, 3.05) is 7.11 Å². The van der Waals surface area contributed by atoms with E-state index in [2.05, 4.69) is 4.98 Å². The van der Waals surface area contributed by atoms with Crippen molar-refractivity contribution in [1.82, 2.24) is 9.55 Å². The monoisotopic (exact) mass is 312 g/mol. The molecule has 1 aromatic heterocycles. The SMILES string of the molecule is COC(=O)C1OC(n2ccc(=O)[nH]c2=O)C2OC(C)(C)OC12. The molecule has 1 N–H and O–H groups in total. The molecule has 1 aromatic rings. The summed E-state index contributed by atoms with van der Waals surface area (Å²) in [5, 5.41) is 0. The predicted octanol–water partition coefficient (Wildman–Crippen LogP) is -0.873. The predicted molar refractivity (Wildman–Crippen MR) is 71.1 cm³/mol. The second-order valence-electron chi connectivity index (χ2n) is 5.55. The van der Waals surface area contributed by atoms with E-state index >= 15 is 0 Å². The van der Waals surface area contributed by atoms with E-state index in [0.29, 0.717) is 0 Å². The van der Waals surface area contributed by atoms with Crippen LogP contribution in [0.1, 0.15) is 20.1 Å². The molecule has 0 amide bonds. The van der Waals surface area contributed by atoms with Gasteiger partial charge in [-0.3, -0.25) is 14.3 Å². The third kappa shape index (κ3) is 2.36. The van der Waals surface area contributed by atoms with Crippen LogP contribution in [-0.4, -0.2) is 46.7 Å². The Morgan fingerprint density at radius 2 is 2.00 bits per heavy atom. The zero-order valence-corrected chi connectivity index (χ0v) is 12.3. The molecular weight excluding hydrogens is 296 g/mol. The third-order valence-electron chi connectivity index (χ3n) is 3.59. The van der Waals surface area contributed by atoms with E-state index < -0.39 is 47.5 Å². The molecule has 0 aromatic carbocycles. The van der Waals surface area contributed by atoms with Crippen molar-refractivity contribution in [2.45, 2.75) is 44.2 Å². The molecule has 2 fully saturated rings. The lowest BCUT2D eigenvalue weighted by molar-refractivity contribution is -0.204.